The molecule has 3 nitrogen and oxygen atoms in total. The average molecular weight is 337 g/mol. The van der Waals surface area contributed by atoms with E-state index in [2.05, 4.69) is 0 Å². The summed E-state index contributed by atoms with van der Waals surface area (Å²) in [5.74, 6) is -1.27. The average Bonchev–Trinajstić information content (AvgIpc) is 2.54. The highest BCUT2D eigenvalue weighted by Crippen LogP contribution is 2.35. The molecule has 2 N–H and O–H groups in total. The Bertz CT molecular complexity index is 850. The van der Waals surface area contributed by atoms with E-state index in [1.54, 1.807) is 0 Å². The fourth-order valence-corrected chi connectivity index (χ4v) is 4.51. The van der Waals surface area contributed by atoms with Crippen LogP contribution in [-0.2, 0) is 16.3 Å². The molecule has 0 spiro atoms. The van der Waals surface area contributed by atoms with Gasteiger partial charge in [0, 0.05) is 0 Å². The van der Waals surface area contributed by atoms with E-state index >= 15 is 0 Å². The fraction of sp³-hybridized carbons (Fsp3) is 0.294. The topological polar surface area (TPSA) is 60.2 Å². The Morgan fingerprint density at radius 1 is 1.13 bits per heavy atom. The molecule has 1 unspecified atom stereocenters. The van der Waals surface area contributed by atoms with Crippen LogP contribution >= 0.6 is 0 Å². The SMILES string of the molecule is NCC1CCCc2cc(S(=O)(=O)c3cccc(F)c3)cc(F)c21. The van der Waals surface area contributed by atoms with E-state index in [4.69, 9.17) is 5.73 Å². The molecule has 2 aromatic carbocycles. The Balaban J connectivity index is 2.13. The Hall–Kier alpha value is -1.79. The standard InChI is InChI=1S/C17H17F2NO2S/c18-13-5-2-6-14(8-13)23(21,22)15-7-11-3-1-4-12(10-20)17(11)16(19)9-15/h2,5-9,12H,1,3-4,10,20H2. The Morgan fingerprint density at radius 2 is 1.91 bits per heavy atom. The Labute approximate surface area is 134 Å². The first-order valence-corrected chi connectivity index (χ1v) is 8.95. The van der Waals surface area contributed by atoms with Crippen molar-refractivity contribution in [1.82, 2.24) is 0 Å². The molecule has 3 rings (SSSR count). The van der Waals surface area contributed by atoms with Gasteiger partial charge in [0.15, 0.2) is 0 Å². The molecule has 0 aromatic heterocycles. The molecular formula is C17H17F2NO2S. The van der Waals surface area contributed by atoms with Gasteiger partial charge in [-0.25, -0.2) is 17.2 Å². The van der Waals surface area contributed by atoms with Crippen LogP contribution in [0.3, 0.4) is 0 Å². The van der Waals surface area contributed by atoms with Gasteiger partial charge in [0.1, 0.15) is 11.6 Å². The maximum atomic E-state index is 14.5. The lowest BCUT2D eigenvalue weighted by atomic mass is 9.82. The van der Waals surface area contributed by atoms with E-state index in [1.165, 1.54) is 18.2 Å². The minimum Gasteiger partial charge on any atom is -0.330 e. The van der Waals surface area contributed by atoms with Gasteiger partial charge < -0.3 is 5.73 Å². The summed E-state index contributed by atoms with van der Waals surface area (Å²) in [5.41, 5.74) is 6.90. The van der Waals surface area contributed by atoms with E-state index < -0.39 is 21.5 Å². The quantitative estimate of drug-likeness (QED) is 0.936. The van der Waals surface area contributed by atoms with Gasteiger partial charge in [-0.2, -0.15) is 0 Å². The van der Waals surface area contributed by atoms with Gasteiger partial charge in [0.2, 0.25) is 9.84 Å². The van der Waals surface area contributed by atoms with Crippen LogP contribution in [0, 0.1) is 11.6 Å². The number of halogens is 2. The summed E-state index contributed by atoms with van der Waals surface area (Å²) in [7, 11) is -3.95. The number of fused-ring (bicyclic) bond motifs is 1. The predicted molar refractivity (Wildman–Crippen MR) is 83.0 cm³/mol. The zero-order valence-electron chi connectivity index (χ0n) is 12.4. The molecular weight excluding hydrogens is 320 g/mol. The third-order valence-electron chi connectivity index (χ3n) is 4.30. The largest absolute Gasteiger partial charge is 0.330 e. The number of nitrogens with two attached hydrogens (primary N) is 1. The van der Waals surface area contributed by atoms with E-state index in [0.717, 1.165) is 31.0 Å². The van der Waals surface area contributed by atoms with Gasteiger partial charge in [-0.3, -0.25) is 0 Å². The molecule has 0 saturated carbocycles. The van der Waals surface area contributed by atoms with Crippen LogP contribution in [-0.4, -0.2) is 15.0 Å². The van der Waals surface area contributed by atoms with Crippen LogP contribution in [0.1, 0.15) is 29.9 Å². The lowest BCUT2D eigenvalue weighted by Gasteiger charge is -2.25. The summed E-state index contributed by atoms with van der Waals surface area (Å²) >= 11 is 0. The molecule has 0 fully saturated rings. The lowest BCUT2D eigenvalue weighted by Crippen LogP contribution is -2.20. The molecule has 0 radical (unpaired) electrons. The van der Waals surface area contributed by atoms with Crippen molar-refractivity contribution < 1.29 is 17.2 Å². The molecule has 23 heavy (non-hydrogen) atoms. The van der Waals surface area contributed by atoms with Gasteiger partial charge >= 0.3 is 0 Å². The second kappa shape index (κ2) is 6.02. The van der Waals surface area contributed by atoms with Crippen LogP contribution in [0.2, 0.25) is 0 Å². The highest BCUT2D eigenvalue weighted by atomic mass is 32.2. The van der Waals surface area contributed by atoms with Gasteiger partial charge in [-0.15, -0.1) is 0 Å². The molecule has 2 aromatic rings. The van der Waals surface area contributed by atoms with Crippen LogP contribution in [0.15, 0.2) is 46.2 Å². The van der Waals surface area contributed by atoms with E-state index in [0.29, 0.717) is 24.1 Å². The van der Waals surface area contributed by atoms with Gasteiger partial charge in [-0.1, -0.05) is 6.07 Å². The third kappa shape index (κ3) is 2.88. The number of hydrogen-bond donors (Lipinski definition) is 1. The van der Waals surface area contributed by atoms with Crippen molar-refractivity contribution in [2.45, 2.75) is 35.0 Å². The zero-order chi connectivity index (χ0) is 16.6. The van der Waals surface area contributed by atoms with Crippen LogP contribution < -0.4 is 5.73 Å². The number of sulfone groups is 1. The number of hydrogen-bond acceptors (Lipinski definition) is 3. The van der Waals surface area contributed by atoms with E-state index in [1.807, 2.05) is 0 Å². The number of rotatable bonds is 3. The van der Waals surface area contributed by atoms with Crippen molar-refractivity contribution in [3.8, 4) is 0 Å². The van der Waals surface area contributed by atoms with Crippen molar-refractivity contribution in [3.63, 3.8) is 0 Å². The Morgan fingerprint density at radius 3 is 2.61 bits per heavy atom. The zero-order valence-corrected chi connectivity index (χ0v) is 13.2. The fourth-order valence-electron chi connectivity index (χ4n) is 3.16. The molecule has 0 aliphatic heterocycles. The molecule has 0 bridgehead atoms. The minimum atomic E-state index is -3.95. The van der Waals surface area contributed by atoms with Crippen molar-refractivity contribution in [2.24, 2.45) is 5.73 Å². The highest BCUT2D eigenvalue weighted by Gasteiger charge is 2.27. The number of aryl methyl sites for hydroxylation is 1. The van der Waals surface area contributed by atoms with Crippen molar-refractivity contribution in [3.05, 3.63) is 59.2 Å². The number of benzene rings is 2. The predicted octanol–water partition coefficient (Wildman–Crippen LogP) is 3.18. The first-order valence-electron chi connectivity index (χ1n) is 7.46. The summed E-state index contributed by atoms with van der Waals surface area (Å²) in [4.78, 5) is -0.319. The summed E-state index contributed by atoms with van der Waals surface area (Å²) < 4.78 is 53.0. The van der Waals surface area contributed by atoms with Crippen LogP contribution in [0.25, 0.3) is 0 Å². The third-order valence-corrected chi connectivity index (χ3v) is 6.03. The maximum Gasteiger partial charge on any atom is 0.206 e. The second-order valence-electron chi connectivity index (χ2n) is 5.76. The van der Waals surface area contributed by atoms with Crippen LogP contribution in [0.5, 0.6) is 0 Å². The maximum absolute atomic E-state index is 14.5. The summed E-state index contributed by atoms with van der Waals surface area (Å²) in [6.07, 6.45) is 2.27. The molecule has 1 atom stereocenters. The van der Waals surface area contributed by atoms with Crippen molar-refractivity contribution >= 4 is 9.84 Å². The molecule has 1 aliphatic carbocycles. The normalized spacial score (nSPS) is 17.8. The van der Waals surface area contributed by atoms with Crippen molar-refractivity contribution in [1.29, 1.82) is 0 Å². The second-order valence-corrected chi connectivity index (χ2v) is 7.71. The summed E-state index contributed by atoms with van der Waals surface area (Å²) in [6.45, 7) is 0.333. The Kier molecular flexibility index (Phi) is 4.21. The van der Waals surface area contributed by atoms with E-state index in [-0.39, 0.29) is 15.7 Å². The molecule has 6 heteroatoms. The van der Waals surface area contributed by atoms with E-state index in [9.17, 15) is 17.2 Å². The molecule has 122 valence electrons. The molecule has 0 amide bonds. The first kappa shape index (κ1) is 16.1. The molecule has 1 aliphatic rings. The van der Waals surface area contributed by atoms with Crippen LogP contribution in [0.4, 0.5) is 8.78 Å². The van der Waals surface area contributed by atoms with Gasteiger partial charge in [-0.05, 0) is 73.2 Å². The highest BCUT2D eigenvalue weighted by molar-refractivity contribution is 7.91. The summed E-state index contributed by atoms with van der Waals surface area (Å²) in [6, 6.07) is 7.25. The van der Waals surface area contributed by atoms with Crippen molar-refractivity contribution in [2.75, 3.05) is 6.54 Å². The summed E-state index contributed by atoms with van der Waals surface area (Å²) in [5, 5.41) is 0. The molecule has 0 heterocycles. The molecule has 0 saturated heterocycles. The first-order chi connectivity index (χ1) is 10.9. The van der Waals surface area contributed by atoms with Gasteiger partial charge in [0.05, 0.1) is 9.79 Å². The lowest BCUT2D eigenvalue weighted by molar-refractivity contribution is 0.509. The minimum absolute atomic E-state index is 0.0790. The monoisotopic (exact) mass is 337 g/mol. The smallest absolute Gasteiger partial charge is 0.206 e. The van der Waals surface area contributed by atoms with Gasteiger partial charge in [0.25, 0.3) is 0 Å².